The average Bonchev–Trinajstić information content (AvgIpc) is 3.49. The number of aromatic nitrogens is 3. The lowest BCUT2D eigenvalue weighted by molar-refractivity contribution is 0.311. The SMILES string of the molecule is CN1CCC(Cn2cnc3c(-c4ccc(C#N)cc4)c(-c4ccc5c(c4)OCCN5C)ncc32)C1. The Morgan fingerprint density at radius 1 is 1.06 bits per heavy atom. The zero-order chi connectivity index (χ0) is 23.9. The molecule has 7 heteroatoms. The second kappa shape index (κ2) is 8.71. The number of likely N-dealkylation sites (tertiary alicyclic amines) is 1. The highest BCUT2D eigenvalue weighted by Crippen LogP contribution is 2.40. The number of hydrogen-bond donors (Lipinski definition) is 0. The lowest BCUT2D eigenvalue weighted by Crippen LogP contribution is -2.28. The molecule has 0 aliphatic carbocycles. The third kappa shape index (κ3) is 3.90. The normalized spacial score (nSPS) is 17.9. The van der Waals surface area contributed by atoms with Gasteiger partial charge in [0.15, 0.2) is 0 Å². The molecule has 0 N–H and O–H groups in total. The molecular formula is C28H28N6O. The van der Waals surface area contributed by atoms with Gasteiger partial charge in [-0.05, 0) is 55.8 Å². The first kappa shape index (κ1) is 21.6. The average molecular weight is 465 g/mol. The van der Waals surface area contributed by atoms with Gasteiger partial charge in [-0.2, -0.15) is 5.26 Å². The van der Waals surface area contributed by atoms with E-state index in [4.69, 9.17) is 14.7 Å². The van der Waals surface area contributed by atoms with Crippen LogP contribution in [0.5, 0.6) is 5.75 Å². The van der Waals surface area contributed by atoms with E-state index >= 15 is 0 Å². The van der Waals surface area contributed by atoms with E-state index in [0.717, 1.165) is 71.0 Å². The van der Waals surface area contributed by atoms with Gasteiger partial charge in [-0.25, -0.2) is 4.98 Å². The predicted octanol–water partition coefficient (Wildman–Crippen LogP) is 4.42. The fourth-order valence-electron chi connectivity index (χ4n) is 5.33. The van der Waals surface area contributed by atoms with E-state index in [-0.39, 0.29) is 0 Å². The smallest absolute Gasteiger partial charge is 0.143 e. The van der Waals surface area contributed by atoms with Crippen LogP contribution in [0, 0.1) is 17.2 Å². The number of pyridine rings is 1. The third-order valence-corrected chi connectivity index (χ3v) is 7.24. The molecule has 7 nitrogen and oxygen atoms in total. The first-order valence-corrected chi connectivity index (χ1v) is 12.1. The van der Waals surface area contributed by atoms with E-state index in [2.05, 4.69) is 52.7 Å². The summed E-state index contributed by atoms with van der Waals surface area (Å²) in [5.41, 5.74) is 7.54. The fourth-order valence-corrected chi connectivity index (χ4v) is 5.33. The van der Waals surface area contributed by atoms with Crippen LogP contribution >= 0.6 is 0 Å². The van der Waals surface area contributed by atoms with Crippen molar-refractivity contribution in [3.8, 4) is 34.2 Å². The first-order chi connectivity index (χ1) is 17.1. The molecule has 4 heterocycles. The first-order valence-electron chi connectivity index (χ1n) is 12.1. The van der Waals surface area contributed by atoms with Crippen LogP contribution < -0.4 is 9.64 Å². The van der Waals surface area contributed by atoms with Gasteiger partial charge in [-0.3, -0.25) is 4.98 Å². The van der Waals surface area contributed by atoms with E-state index < -0.39 is 0 Å². The Balaban J connectivity index is 1.49. The summed E-state index contributed by atoms with van der Waals surface area (Å²) in [5, 5.41) is 9.30. The number of ether oxygens (including phenoxy) is 1. The van der Waals surface area contributed by atoms with E-state index in [9.17, 15) is 5.26 Å². The van der Waals surface area contributed by atoms with Gasteiger partial charge in [-0.15, -0.1) is 0 Å². The van der Waals surface area contributed by atoms with Crippen molar-refractivity contribution in [1.82, 2.24) is 19.4 Å². The van der Waals surface area contributed by atoms with Gasteiger partial charge in [-0.1, -0.05) is 18.2 Å². The Hall–Kier alpha value is -3.89. The number of nitriles is 1. The van der Waals surface area contributed by atoms with E-state index in [0.29, 0.717) is 18.1 Å². The van der Waals surface area contributed by atoms with Gasteiger partial charge in [0.2, 0.25) is 0 Å². The molecule has 176 valence electrons. The standard InChI is InChI=1S/C28H28N6O/c1-32-10-9-20(16-32)17-34-18-31-28-24(34)15-30-27(26(28)21-5-3-19(14-29)4-6-21)22-7-8-23-25(13-22)35-12-11-33(23)2/h3-8,13,15,18,20H,9-12,16-17H2,1-2H3. The molecule has 1 atom stereocenters. The molecule has 1 fully saturated rings. The summed E-state index contributed by atoms with van der Waals surface area (Å²) < 4.78 is 8.22. The van der Waals surface area contributed by atoms with Gasteiger partial charge >= 0.3 is 0 Å². The van der Waals surface area contributed by atoms with Crippen LogP contribution in [0.25, 0.3) is 33.4 Å². The molecule has 6 rings (SSSR count). The van der Waals surface area contributed by atoms with Crippen molar-refractivity contribution < 1.29 is 4.74 Å². The van der Waals surface area contributed by atoms with Crippen molar-refractivity contribution in [2.24, 2.45) is 5.92 Å². The van der Waals surface area contributed by atoms with Crippen LogP contribution in [0.3, 0.4) is 0 Å². The van der Waals surface area contributed by atoms with Crippen LogP contribution in [-0.2, 0) is 6.54 Å². The highest BCUT2D eigenvalue weighted by Gasteiger charge is 2.23. The zero-order valence-corrected chi connectivity index (χ0v) is 20.1. The number of nitrogens with zero attached hydrogens (tertiary/aromatic N) is 6. The van der Waals surface area contributed by atoms with Gasteiger partial charge in [0.25, 0.3) is 0 Å². The molecule has 2 aromatic carbocycles. The molecule has 35 heavy (non-hydrogen) atoms. The number of imidazole rings is 1. The number of benzene rings is 2. The second-order valence-electron chi connectivity index (χ2n) is 9.67. The topological polar surface area (TPSA) is 70.2 Å². The largest absolute Gasteiger partial charge is 0.490 e. The summed E-state index contributed by atoms with van der Waals surface area (Å²) in [7, 11) is 4.27. The van der Waals surface area contributed by atoms with Crippen LogP contribution in [0.1, 0.15) is 12.0 Å². The summed E-state index contributed by atoms with van der Waals surface area (Å²) in [4.78, 5) is 14.5. The van der Waals surface area contributed by atoms with Gasteiger partial charge in [0.05, 0.1) is 47.6 Å². The molecule has 0 saturated carbocycles. The molecule has 2 aliphatic rings. The Morgan fingerprint density at radius 2 is 1.89 bits per heavy atom. The van der Waals surface area contributed by atoms with Gasteiger partial charge in [0, 0.05) is 31.3 Å². The van der Waals surface area contributed by atoms with Crippen molar-refractivity contribution in [1.29, 1.82) is 5.26 Å². The highest BCUT2D eigenvalue weighted by atomic mass is 16.5. The number of hydrogen-bond acceptors (Lipinski definition) is 6. The predicted molar refractivity (Wildman–Crippen MR) is 137 cm³/mol. The summed E-state index contributed by atoms with van der Waals surface area (Å²) in [5.74, 6) is 1.49. The van der Waals surface area contributed by atoms with E-state index in [1.54, 1.807) is 0 Å². The summed E-state index contributed by atoms with van der Waals surface area (Å²) >= 11 is 0. The molecule has 0 spiro atoms. The number of anilines is 1. The van der Waals surface area contributed by atoms with Crippen molar-refractivity contribution in [3.63, 3.8) is 0 Å². The lowest BCUT2D eigenvalue weighted by Gasteiger charge is -2.28. The molecule has 4 aromatic rings. The zero-order valence-electron chi connectivity index (χ0n) is 20.1. The molecular weight excluding hydrogens is 436 g/mol. The van der Waals surface area contributed by atoms with Gasteiger partial charge < -0.3 is 19.1 Å². The Kier molecular flexibility index (Phi) is 5.39. The second-order valence-corrected chi connectivity index (χ2v) is 9.67. The number of fused-ring (bicyclic) bond motifs is 2. The monoisotopic (exact) mass is 464 g/mol. The Labute approximate surface area is 205 Å². The third-order valence-electron chi connectivity index (χ3n) is 7.24. The van der Waals surface area contributed by atoms with Crippen LogP contribution in [0.15, 0.2) is 55.0 Å². The molecule has 2 aliphatic heterocycles. The van der Waals surface area contributed by atoms with Crippen molar-refractivity contribution in [2.75, 3.05) is 45.2 Å². The Morgan fingerprint density at radius 3 is 2.66 bits per heavy atom. The highest BCUT2D eigenvalue weighted by molar-refractivity contribution is 5.99. The molecule has 2 aromatic heterocycles. The van der Waals surface area contributed by atoms with Crippen molar-refractivity contribution in [2.45, 2.75) is 13.0 Å². The number of likely N-dealkylation sites (N-methyl/N-ethyl adjacent to an activating group) is 1. The minimum Gasteiger partial charge on any atom is -0.490 e. The quantitative estimate of drug-likeness (QED) is 0.445. The molecule has 0 radical (unpaired) electrons. The van der Waals surface area contributed by atoms with Crippen molar-refractivity contribution in [3.05, 3.63) is 60.6 Å². The maximum atomic E-state index is 9.30. The molecule has 0 bridgehead atoms. The van der Waals surface area contributed by atoms with Crippen molar-refractivity contribution >= 4 is 16.7 Å². The van der Waals surface area contributed by atoms with Crippen LogP contribution in [0.2, 0.25) is 0 Å². The Bertz CT molecular complexity index is 1430. The number of rotatable bonds is 4. The maximum Gasteiger partial charge on any atom is 0.143 e. The van der Waals surface area contributed by atoms with Crippen LogP contribution in [-0.4, -0.2) is 59.8 Å². The van der Waals surface area contributed by atoms with Gasteiger partial charge in [0.1, 0.15) is 17.9 Å². The minimum absolute atomic E-state index is 0.616. The molecule has 1 unspecified atom stereocenters. The molecule has 1 saturated heterocycles. The van der Waals surface area contributed by atoms with E-state index in [1.165, 1.54) is 6.42 Å². The molecule has 0 amide bonds. The lowest BCUT2D eigenvalue weighted by atomic mass is 9.96. The van der Waals surface area contributed by atoms with Crippen LogP contribution in [0.4, 0.5) is 5.69 Å². The maximum absolute atomic E-state index is 9.30. The van der Waals surface area contributed by atoms with E-state index in [1.807, 2.05) is 36.8 Å². The minimum atomic E-state index is 0.616. The summed E-state index contributed by atoms with van der Waals surface area (Å²) in [6, 6.07) is 16.2. The summed E-state index contributed by atoms with van der Waals surface area (Å²) in [6.45, 7) is 4.74. The summed E-state index contributed by atoms with van der Waals surface area (Å²) in [6.07, 6.45) is 5.11. The fraction of sp³-hybridized carbons (Fsp3) is 0.321.